The lowest BCUT2D eigenvalue weighted by Crippen LogP contribution is -2.32. The summed E-state index contributed by atoms with van der Waals surface area (Å²) in [5.74, 6) is 0.531. The number of pyridine rings is 1. The van der Waals surface area contributed by atoms with E-state index in [0.29, 0.717) is 17.4 Å². The molecule has 0 amide bonds. The summed E-state index contributed by atoms with van der Waals surface area (Å²) in [6.45, 7) is 1.08. The number of anilines is 1. The van der Waals surface area contributed by atoms with E-state index in [1.807, 2.05) is 7.05 Å². The van der Waals surface area contributed by atoms with Gasteiger partial charge in [-0.2, -0.15) is 13.2 Å². The second-order valence-corrected chi connectivity index (χ2v) is 5.01. The summed E-state index contributed by atoms with van der Waals surface area (Å²) in [5.41, 5.74) is 0.460. The molecule has 20 heavy (non-hydrogen) atoms. The Kier molecular flexibility index (Phi) is 4.55. The van der Waals surface area contributed by atoms with Crippen molar-refractivity contribution in [2.75, 3.05) is 25.0 Å². The highest BCUT2D eigenvalue weighted by molar-refractivity contribution is 6.33. The van der Waals surface area contributed by atoms with Crippen LogP contribution in [-0.2, 0) is 6.54 Å². The molecule has 3 nitrogen and oxygen atoms in total. The molecule has 0 saturated heterocycles. The van der Waals surface area contributed by atoms with Crippen LogP contribution in [0.1, 0.15) is 12.0 Å². The van der Waals surface area contributed by atoms with Crippen molar-refractivity contribution in [1.82, 2.24) is 10.3 Å². The number of hydrogen-bond acceptors (Lipinski definition) is 3. The van der Waals surface area contributed by atoms with Gasteiger partial charge in [-0.3, -0.25) is 0 Å². The van der Waals surface area contributed by atoms with E-state index in [2.05, 4.69) is 10.3 Å². The predicted octanol–water partition coefficient (Wildman–Crippen LogP) is 3.15. The van der Waals surface area contributed by atoms with Crippen molar-refractivity contribution in [2.24, 2.45) is 0 Å². The molecule has 1 aromatic heterocycles. The number of hydrogen-bond donors (Lipinski definition) is 1. The summed E-state index contributed by atoms with van der Waals surface area (Å²) < 4.78 is 37.7. The average molecular weight is 306 g/mol. The molecule has 1 N–H and O–H groups in total. The minimum Gasteiger partial charge on any atom is -0.351 e. The first-order chi connectivity index (χ1) is 9.41. The second kappa shape index (κ2) is 6.01. The number of aromatic nitrogens is 1. The Morgan fingerprint density at radius 3 is 2.70 bits per heavy atom. The lowest BCUT2D eigenvalue weighted by molar-refractivity contribution is -0.0944. The first-order valence-corrected chi connectivity index (χ1v) is 6.60. The summed E-state index contributed by atoms with van der Waals surface area (Å²) in [4.78, 5) is 6.00. The van der Waals surface area contributed by atoms with Crippen LogP contribution in [0.2, 0.25) is 5.02 Å². The Labute approximate surface area is 120 Å². The quantitative estimate of drug-likeness (QED) is 0.870. The normalized spacial score (nSPS) is 16.2. The molecule has 0 unspecified atom stereocenters. The van der Waals surface area contributed by atoms with Crippen LogP contribution < -0.4 is 10.2 Å². The van der Waals surface area contributed by atoms with Crippen LogP contribution in [0.15, 0.2) is 23.9 Å². The molecule has 1 aliphatic heterocycles. The van der Waals surface area contributed by atoms with Crippen LogP contribution in [0.25, 0.3) is 0 Å². The van der Waals surface area contributed by atoms with Gasteiger partial charge in [0.1, 0.15) is 5.82 Å². The van der Waals surface area contributed by atoms with Gasteiger partial charge in [0, 0.05) is 31.4 Å². The van der Waals surface area contributed by atoms with Crippen LogP contribution in [-0.4, -0.2) is 31.3 Å². The maximum atomic E-state index is 12.6. The molecule has 0 bridgehead atoms. The van der Waals surface area contributed by atoms with Crippen molar-refractivity contribution in [2.45, 2.75) is 19.1 Å². The Bertz CT molecular complexity index is 514. The predicted molar refractivity (Wildman–Crippen MR) is 73.0 cm³/mol. The maximum Gasteiger partial charge on any atom is 0.412 e. The van der Waals surface area contributed by atoms with Crippen molar-refractivity contribution in [3.63, 3.8) is 0 Å². The molecule has 0 spiro atoms. The molecular weight excluding hydrogens is 291 g/mol. The molecule has 0 radical (unpaired) electrons. The van der Waals surface area contributed by atoms with Gasteiger partial charge in [-0.25, -0.2) is 4.98 Å². The Morgan fingerprint density at radius 1 is 1.45 bits per heavy atom. The molecule has 0 fully saturated rings. The smallest absolute Gasteiger partial charge is 0.351 e. The summed E-state index contributed by atoms with van der Waals surface area (Å²) in [5, 5.41) is 3.45. The fourth-order valence-corrected chi connectivity index (χ4v) is 2.43. The number of nitrogens with zero attached hydrogens (tertiary/aromatic N) is 2. The molecule has 110 valence electrons. The number of alkyl halides is 3. The van der Waals surface area contributed by atoms with E-state index in [1.54, 1.807) is 17.2 Å². The van der Waals surface area contributed by atoms with E-state index < -0.39 is 11.7 Å². The van der Waals surface area contributed by atoms with Gasteiger partial charge >= 0.3 is 6.18 Å². The molecule has 0 atom stereocenters. The minimum absolute atomic E-state index is 0.0419. The summed E-state index contributed by atoms with van der Waals surface area (Å²) >= 11 is 6.15. The van der Waals surface area contributed by atoms with Gasteiger partial charge in [0.2, 0.25) is 0 Å². The van der Waals surface area contributed by atoms with Crippen LogP contribution in [0.5, 0.6) is 0 Å². The third kappa shape index (κ3) is 3.43. The average Bonchev–Trinajstić information content (AvgIpc) is 2.38. The van der Waals surface area contributed by atoms with Gasteiger partial charge < -0.3 is 10.2 Å². The monoisotopic (exact) mass is 305 g/mol. The van der Waals surface area contributed by atoms with Gasteiger partial charge in [-0.05, 0) is 25.1 Å². The molecule has 2 heterocycles. The lowest BCUT2D eigenvalue weighted by atomic mass is 10.1. The summed E-state index contributed by atoms with van der Waals surface area (Å²) in [6.07, 6.45) is -1.40. The van der Waals surface area contributed by atoms with E-state index >= 15 is 0 Å². The third-order valence-electron chi connectivity index (χ3n) is 3.13. The van der Waals surface area contributed by atoms with E-state index in [-0.39, 0.29) is 19.5 Å². The first kappa shape index (κ1) is 15.1. The van der Waals surface area contributed by atoms with E-state index in [1.165, 1.54) is 6.08 Å². The number of nitrogens with one attached hydrogen (secondary N) is 1. The lowest BCUT2D eigenvalue weighted by Gasteiger charge is -2.28. The van der Waals surface area contributed by atoms with E-state index in [9.17, 15) is 13.2 Å². The SMILES string of the molecule is CNCc1cnc(N2CC=C(C(F)(F)F)CC2)c(Cl)c1. The van der Waals surface area contributed by atoms with Crippen LogP contribution >= 0.6 is 11.6 Å². The summed E-state index contributed by atoms with van der Waals surface area (Å²) in [6, 6.07) is 1.78. The Balaban J connectivity index is 2.13. The van der Waals surface area contributed by atoms with Crippen LogP contribution in [0.3, 0.4) is 0 Å². The fraction of sp³-hybridized carbons (Fsp3) is 0.462. The Hall–Kier alpha value is -1.27. The molecule has 0 aliphatic carbocycles. The van der Waals surface area contributed by atoms with Gasteiger partial charge in [-0.1, -0.05) is 17.7 Å². The first-order valence-electron chi connectivity index (χ1n) is 6.22. The zero-order valence-corrected chi connectivity index (χ0v) is 11.7. The van der Waals surface area contributed by atoms with Crippen molar-refractivity contribution in [1.29, 1.82) is 0 Å². The van der Waals surface area contributed by atoms with Crippen molar-refractivity contribution >= 4 is 17.4 Å². The third-order valence-corrected chi connectivity index (χ3v) is 3.41. The zero-order chi connectivity index (χ0) is 14.8. The molecule has 7 heteroatoms. The second-order valence-electron chi connectivity index (χ2n) is 4.60. The maximum absolute atomic E-state index is 12.6. The molecule has 0 aromatic carbocycles. The van der Waals surface area contributed by atoms with E-state index in [0.717, 1.165) is 5.56 Å². The topological polar surface area (TPSA) is 28.2 Å². The minimum atomic E-state index is -4.24. The van der Waals surface area contributed by atoms with Gasteiger partial charge in [-0.15, -0.1) is 0 Å². The van der Waals surface area contributed by atoms with Crippen LogP contribution in [0.4, 0.5) is 19.0 Å². The van der Waals surface area contributed by atoms with Crippen molar-refractivity contribution in [3.05, 3.63) is 34.5 Å². The van der Waals surface area contributed by atoms with Gasteiger partial charge in [0.15, 0.2) is 0 Å². The molecule has 1 aliphatic rings. The number of rotatable bonds is 3. The van der Waals surface area contributed by atoms with Gasteiger partial charge in [0.05, 0.1) is 5.02 Å². The molecule has 0 saturated carbocycles. The highest BCUT2D eigenvalue weighted by Crippen LogP contribution is 2.32. The Morgan fingerprint density at radius 2 is 2.20 bits per heavy atom. The molecule has 2 rings (SSSR count). The fourth-order valence-electron chi connectivity index (χ4n) is 2.12. The summed E-state index contributed by atoms with van der Waals surface area (Å²) in [7, 11) is 1.82. The standard InChI is InChI=1S/C13H15ClF3N3/c1-18-7-9-6-11(14)12(19-8-9)20-4-2-10(3-5-20)13(15,16)17/h2,6,8,18H,3-5,7H2,1H3. The van der Waals surface area contributed by atoms with Crippen molar-refractivity contribution < 1.29 is 13.2 Å². The van der Waals surface area contributed by atoms with Crippen molar-refractivity contribution in [3.8, 4) is 0 Å². The van der Waals surface area contributed by atoms with E-state index in [4.69, 9.17) is 11.6 Å². The molecule has 1 aromatic rings. The van der Waals surface area contributed by atoms with Gasteiger partial charge in [0.25, 0.3) is 0 Å². The highest BCUT2D eigenvalue weighted by atomic mass is 35.5. The highest BCUT2D eigenvalue weighted by Gasteiger charge is 2.35. The largest absolute Gasteiger partial charge is 0.412 e. The zero-order valence-electron chi connectivity index (χ0n) is 11.0. The number of halogens is 4. The van der Waals surface area contributed by atoms with Crippen LogP contribution in [0, 0.1) is 0 Å². The molecular formula is C13H15ClF3N3.